The second kappa shape index (κ2) is 11.6. The molecule has 0 aromatic heterocycles. The van der Waals surface area contributed by atoms with E-state index in [9.17, 15) is 20.1 Å². The molecule has 0 fully saturated rings. The summed E-state index contributed by atoms with van der Waals surface area (Å²) in [6.45, 7) is 1.86. The molecule has 0 amide bonds. The smallest absolute Gasteiger partial charge is 0.330 e. The standard InChI is InChI=1S/C18H32O5/c1-14-10-8-6-4-2-3-5-7-9-11-15(19)18(22)16(20)12-13-17(21)23-14/h12-16,18-20,22H,2-11H2,1H3/b13-12+/t14-,15+,16+,18-/m0/s1. The number of carbonyl (C=O) groups is 1. The summed E-state index contributed by atoms with van der Waals surface area (Å²) in [6, 6.07) is 0. The van der Waals surface area contributed by atoms with Crippen molar-refractivity contribution in [3.8, 4) is 0 Å². The first kappa shape index (κ1) is 20.1. The molecule has 3 N–H and O–H groups in total. The number of aliphatic hydroxyl groups excluding tert-OH is 3. The molecule has 0 aromatic carbocycles. The van der Waals surface area contributed by atoms with Gasteiger partial charge in [-0.2, -0.15) is 0 Å². The molecule has 1 aliphatic rings. The fourth-order valence-electron chi connectivity index (χ4n) is 2.83. The monoisotopic (exact) mass is 328 g/mol. The highest BCUT2D eigenvalue weighted by Crippen LogP contribution is 2.15. The van der Waals surface area contributed by atoms with Gasteiger partial charge in [-0.15, -0.1) is 0 Å². The Morgan fingerprint density at radius 3 is 2.04 bits per heavy atom. The molecular formula is C18H32O5. The average Bonchev–Trinajstić information content (AvgIpc) is 2.52. The zero-order valence-electron chi connectivity index (χ0n) is 14.2. The highest BCUT2D eigenvalue weighted by atomic mass is 16.5. The van der Waals surface area contributed by atoms with E-state index in [-0.39, 0.29) is 6.10 Å². The number of hydrogen-bond donors (Lipinski definition) is 3. The Morgan fingerprint density at radius 1 is 0.913 bits per heavy atom. The van der Waals surface area contributed by atoms with Crippen LogP contribution >= 0.6 is 0 Å². The molecule has 0 saturated carbocycles. The van der Waals surface area contributed by atoms with Crippen molar-refractivity contribution in [2.75, 3.05) is 0 Å². The highest BCUT2D eigenvalue weighted by Gasteiger charge is 2.22. The van der Waals surface area contributed by atoms with Crippen LogP contribution in [0.5, 0.6) is 0 Å². The first-order valence-corrected chi connectivity index (χ1v) is 8.93. The van der Waals surface area contributed by atoms with Crippen LogP contribution in [0.1, 0.15) is 71.1 Å². The molecule has 0 saturated heterocycles. The van der Waals surface area contributed by atoms with Crippen LogP contribution in [0, 0.1) is 0 Å². The lowest BCUT2D eigenvalue weighted by molar-refractivity contribution is -0.142. The fraction of sp³-hybridized carbons (Fsp3) is 0.833. The van der Waals surface area contributed by atoms with Crippen molar-refractivity contribution in [3.63, 3.8) is 0 Å². The Morgan fingerprint density at radius 2 is 1.43 bits per heavy atom. The average molecular weight is 328 g/mol. The van der Waals surface area contributed by atoms with Crippen molar-refractivity contribution in [2.24, 2.45) is 0 Å². The second-order valence-corrected chi connectivity index (χ2v) is 6.56. The molecule has 1 rings (SSSR count). The van der Waals surface area contributed by atoms with Crippen molar-refractivity contribution in [1.82, 2.24) is 0 Å². The van der Waals surface area contributed by atoms with Crippen LogP contribution in [0.25, 0.3) is 0 Å². The van der Waals surface area contributed by atoms with Gasteiger partial charge in [0, 0.05) is 6.08 Å². The Kier molecular flexibility index (Phi) is 10.2. The summed E-state index contributed by atoms with van der Waals surface area (Å²) in [7, 11) is 0. The summed E-state index contributed by atoms with van der Waals surface area (Å²) in [5.41, 5.74) is 0. The van der Waals surface area contributed by atoms with Crippen LogP contribution < -0.4 is 0 Å². The number of rotatable bonds is 0. The zero-order chi connectivity index (χ0) is 17.1. The number of carbonyl (C=O) groups excluding carboxylic acids is 1. The van der Waals surface area contributed by atoms with Crippen LogP contribution in [0.4, 0.5) is 0 Å². The lowest BCUT2D eigenvalue weighted by Crippen LogP contribution is -2.36. The molecule has 0 aromatic rings. The third-order valence-electron chi connectivity index (χ3n) is 4.35. The third-order valence-corrected chi connectivity index (χ3v) is 4.35. The van der Waals surface area contributed by atoms with E-state index in [1.165, 1.54) is 25.3 Å². The van der Waals surface area contributed by atoms with Gasteiger partial charge in [-0.25, -0.2) is 4.79 Å². The summed E-state index contributed by atoms with van der Waals surface area (Å²) >= 11 is 0. The van der Waals surface area contributed by atoms with Crippen molar-refractivity contribution < 1.29 is 24.9 Å². The van der Waals surface area contributed by atoms with E-state index in [0.29, 0.717) is 6.42 Å². The van der Waals surface area contributed by atoms with Gasteiger partial charge < -0.3 is 20.1 Å². The van der Waals surface area contributed by atoms with E-state index in [1.54, 1.807) is 0 Å². The number of cyclic esters (lactones) is 1. The fourth-order valence-corrected chi connectivity index (χ4v) is 2.83. The molecule has 0 bridgehead atoms. The third kappa shape index (κ3) is 9.08. The number of aliphatic hydroxyl groups is 3. The van der Waals surface area contributed by atoms with Gasteiger partial charge in [0.15, 0.2) is 0 Å². The Bertz CT molecular complexity index is 355. The van der Waals surface area contributed by atoms with Gasteiger partial charge in [-0.1, -0.05) is 44.9 Å². The quantitative estimate of drug-likeness (QED) is 0.595. The summed E-state index contributed by atoms with van der Waals surface area (Å²) < 4.78 is 5.23. The largest absolute Gasteiger partial charge is 0.460 e. The van der Waals surface area contributed by atoms with Gasteiger partial charge >= 0.3 is 5.97 Å². The molecule has 1 aliphatic heterocycles. The van der Waals surface area contributed by atoms with Crippen molar-refractivity contribution in [1.29, 1.82) is 0 Å². The molecular weight excluding hydrogens is 296 g/mol. The predicted octanol–water partition coefficient (Wildman–Crippen LogP) is 2.47. The Labute approximate surface area is 139 Å². The van der Waals surface area contributed by atoms with E-state index in [2.05, 4.69) is 0 Å². The van der Waals surface area contributed by atoms with Crippen LogP contribution in [-0.4, -0.2) is 45.7 Å². The normalized spacial score (nSPS) is 34.9. The van der Waals surface area contributed by atoms with Gasteiger partial charge in [0.05, 0.1) is 12.2 Å². The van der Waals surface area contributed by atoms with Crippen LogP contribution in [0.2, 0.25) is 0 Å². The molecule has 0 spiro atoms. The molecule has 4 atom stereocenters. The SMILES string of the molecule is C[C@H]1CCCCCCCCCC[C@@H](O)[C@H](O)[C@H](O)/C=C/C(=O)O1. The van der Waals surface area contributed by atoms with E-state index >= 15 is 0 Å². The van der Waals surface area contributed by atoms with E-state index < -0.39 is 24.3 Å². The molecule has 5 heteroatoms. The van der Waals surface area contributed by atoms with Gasteiger partial charge in [-0.05, 0) is 32.3 Å². The van der Waals surface area contributed by atoms with E-state index in [1.807, 2.05) is 6.92 Å². The number of esters is 1. The summed E-state index contributed by atoms with van der Waals surface area (Å²) in [5, 5.41) is 29.6. The topological polar surface area (TPSA) is 87.0 Å². The number of ether oxygens (including phenoxy) is 1. The zero-order valence-corrected chi connectivity index (χ0v) is 14.2. The lowest BCUT2D eigenvalue weighted by Gasteiger charge is -2.21. The molecule has 23 heavy (non-hydrogen) atoms. The van der Waals surface area contributed by atoms with Crippen LogP contribution in [0.15, 0.2) is 12.2 Å². The van der Waals surface area contributed by atoms with Crippen molar-refractivity contribution in [2.45, 2.75) is 95.5 Å². The van der Waals surface area contributed by atoms with Gasteiger partial charge in [-0.3, -0.25) is 0 Å². The molecule has 0 unspecified atom stereocenters. The van der Waals surface area contributed by atoms with E-state index in [0.717, 1.165) is 44.6 Å². The Balaban J connectivity index is 2.55. The van der Waals surface area contributed by atoms with Crippen molar-refractivity contribution in [3.05, 3.63) is 12.2 Å². The summed E-state index contributed by atoms with van der Waals surface area (Å²) in [4.78, 5) is 11.7. The minimum absolute atomic E-state index is 0.154. The maximum Gasteiger partial charge on any atom is 0.330 e. The lowest BCUT2D eigenvalue weighted by atomic mass is 10.00. The second-order valence-electron chi connectivity index (χ2n) is 6.56. The first-order chi connectivity index (χ1) is 11.0. The maximum atomic E-state index is 11.7. The van der Waals surface area contributed by atoms with Gasteiger partial charge in [0.25, 0.3) is 0 Å². The number of hydrogen-bond acceptors (Lipinski definition) is 5. The summed E-state index contributed by atoms with van der Waals surface area (Å²) in [5.74, 6) is -0.528. The highest BCUT2D eigenvalue weighted by molar-refractivity contribution is 5.82. The first-order valence-electron chi connectivity index (χ1n) is 8.93. The molecule has 0 radical (unpaired) electrons. The molecule has 134 valence electrons. The van der Waals surface area contributed by atoms with Crippen LogP contribution in [0.3, 0.4) is 0 Å². The Hall–Kier alpha value is -0.910. The van der Waals surface area contributed by atoms with Gasteiger partial charge in [0.2, 0.25) is 0 Å². The van der Waals surface area contributed by atoms with Crippen molar-refractivity contribution >= 4 is 5.97 Å². The molecule has 1 heterocycles. The maximum absolute atomic E-state index is 11.7. The minimum Gasteiger partial charge on any atom is -0.460 e. The predicted molar refractivity (Wildman–Crippen MR) is 88.9 cm³/mol. The minimum atomic E-state index is -1.28. The molecule has 5 nitrogen and oxygen atoms in total. The van der Waals surface area contributed by atoms with Gasteiger partial charge in [0.1, 0.15) is 12.2 Å². The summed E-state index contributed by atoms with van der Waals surface area (Å²) in [6.07, 6.45) is 8.70. The van der Waals surface area contributed by atoms with Crippen LogP contribution in [-0.2, 0) is 9.53 Å². The molecule has 0 aliphatic carbocycles. The van der Waals surface area contributed by atoms with E-state index in [4.69, 9.17) is 4.74 Å².